The predicted molar refractivity (Wildman–Crippen MR) is 73.1 cm³/mol. The minimum Gasteiger partial charge on any atom is -0.317 e. The normalized spacial score (nSPS) is 12.9. The van der Waals surface area contributed by atoms with Gasteiger partial charge in [0, 0.05) is 16.3 Å². The van der Waals surface area contributed by atoms with Crippen LogP contribution in [0.4, 0.5) is 0 Å². The molecular formula is C13H24N2S. The van der Waals surface area contributed by atoms with E-state index < -0.39 is 0 Å². The quantitative estimate of drug-likeness (QED) is 0.730. The first-order chi connectivity index (χ1) is 7.76. The monoisotopic (exact) mass is 240 g/mol. The van der Waals surface area contributed by atoms with Gasteiger partial charge >= 0.3 is 0 Å². The molecule has 0 aliphatic carbocycles. The Morgan fingerprint density at radius 2 is 1.81 bits per heavy atom. The van der Waals surface area contributed by atoms with Gasteiger partial charge in [-0.1, -0.05) is 20.8 Å². The first-order valence-corrected chi connectivity index (χ1v) is 7.06. The average Bonchev–Trinajstić information content (AvgIpc) is 2.74. The van der Waals surface area contributed by atoms with Gasteiger partial charge in [0.2, 0.25) is 0 Å². The molecular weight excluding hydrogens is 216 g/mol. The third-order valence-electron chi connectivity index (χ3n) is 2.60. The maximum atomic E-state index is 3.52. The lowest BCUT2D eigenvalue weighted by Gasteiger charge is -2.12. The number of rotatable bonds is 8. The summed E-state index contributed by atoms with van der Waals surface area (Å²) in [4.78, 5) is 2.94. The maximum absolute atomic E-state index is 3.52. The number of aryl methyl sites for hydroxylation is 1. The van der Waals surface area contributed by atoms with Gasteiger partial charge in [0.05, 0.1) is 0 Å². The van der Waals surface area contributed by atoms with Gasteiger partial charge in [-0.25, -0.2) is 0 Å². The molecule has 1 aromatic rings. The highest BCUT2D eigenvalue weighted by molar-refractivity contribution is 7.11. The third kappa shape index (κ3) is 5.10. The molecule has 3 heteroatoms. The van der Waals surface area contributed by atoms with E-state index >= 15 is 0 Å². The minimum atomic E-state index is 0.700. The van der Waals surface area contributed by atoms with Crippen molar-refractivity contribution in [3.8, 4) is 0 Å². The Kier molecular flexibility index (Phi) is 6.69. The molecule has 0 spiro atoms. The standard InChI is InChI=1S/C13H24N2S/c1-4-12-6-7-13(16-12)10-15-9-11(3)8-14-5-2/h6-7,11,14-15H,4-5,8-10H2,1-3H3. The number of nitrogens with one attached hydrogen (secondary N) is 2. The molecule has 0 amide bonds. The maximum Gasteiger partial charge on any atom is 0.0299 e. The zero-order valence-corrected chi connectivity index (χ0v) is 11.5. The van der Waals surface area contributed by atoms with Crippen LogP contribution in [0.1, 0.15) is 30.5 Å². The molecule has 0 saturated carbocycles. The Morgan fingerprint density at radius 1 is 1.12 bits per heavy atom. The van der Waals surface area contributed by atoms with E-state index in [1.54, 1.807) is 0 Å². The summed E-state index contributed by atoms with van der Waals surface area (Å²) in [5, 5.41) is 6.89. The fourth-order valence-corrected chi connectivity index (χ4v) is 2.54. The first-order valence-electron chi connectivity index (χ1n) is 6.25. The van der Waals surface area contributed by atoms with E-state index in [9.17, 15) is 0 Å². The summed E-state index contributed by atoms with van der Waals surface area (Å²) >= 11 is 1.92. The van der Waals surface area contributed by atoms with Gasteiger partial charge < -0.3 is 10.6 Å². The van der Waals surface area contributed by atoms with Crippen molar-refractivity contribution in [3.05, 3.63) is 21.9 Å². The summed E-state index contributed by atoms with van der Waals surface area (Å²) in [6.07, 6.45) is 1.15. The molecule has 92 valence electrons. The van der Waals surface area contributed by atoms with Crippen LogP contribution in [0.5, 0.6) is 0 Å². The van der Waals surface area contributed by atoms with Gasteiger partial charge in [0.1, 0.15) is 0 Å². The van der Waals surface area contributed by atoms with Crippen LogP contribution in [0, 0.1) is 5.92 Å². The van der Waals surface area contributed by atoms with Crippen LogP contribution in [0.25, 0.3) is 0 Å². The second-order valence-electron chi connectivity index (χ2n) is 4.27. The molecule has 0 radical (unpaired) electrons. The first kappa shape index (κ1) is 13.7. The second kappa shape index (κ2) is 7.82. The van der Waals surface area contributed by atoms with Crippen molar-refractivity contribution in [2.75, 3.05) is 19.6 Å². The smallest absolute Gasteiger partial charge is 0.0299 e. The lowest BCUT2D eigenvalue weighted by atomic mass is 10.2. The van der Waals surface area contributed by atoms with Crippen LogP contribution in [-0.4, -0.2) is 19.6 Å². The Bertz CT molecular complexity index is 283. The summed E-state index contributed by atoms with van der Waals surface area (Å²) < 4.78 is 0. The third-order valence-corrected chi connectivity index (χ3v) is 3.83. The Balaban J connectivity index is 2.14. The molecule has 0 bridgehead atoms. The van der Waals surface area contributed by atoms with E-state index in [1.165, 1.54) is 9.75 Å². The molecule has 0 aromatic carbocycles. The van der Waals surface area contributed by atoms with Crippen molar-refractivity contribution < 1.29 is 0 Å². The number of thiophene rings is 1. The van der Waals surface area contributed by atoms with Crippen molar-refractivity contribution >= 4 is 11.3 Å². The minimum absolute atomic E-state index is 0.700. The van der Waals surface area contributed by atoms with Crippen LogP contribution >= 0.6 is 11.3 Å². The average molecular weight is 240 g/mol. The molecule has 1 rings (SSSR count). The van der Waals surface area contributed by atoms with E-state index in [-0.39, 0.29) is 0 Å². The van der Waals surface area contributed by atoms with Gasteiger partial charge in [-0.3, -0.25) is 0 Å². The largest absolute Gasteiger partial charge is 0.317 e. The van der Waals surface area contributed by atoms with Gasteiger partial charge in [-0.05, 0) is 44.1 Å². The van der Waals surface area contributed by atoms with Crippen LogP contribution in [0.15, 0.2) is 12.1 Å². The van der Waals surface area contributed by atoms with Crippen LogP contribution in [-0.2, 0) is 13.0 Å². The zero-order valence-electron chi connectivity index (χ0n) is 10.7. The molecule has 1 unspecified atom stereocenters. The highest BCUT2D eigenvalue weighted by Gasteiger charge is 2.02. The molecule has 0 aliphatic rings. The fraction of sp³-hybridized carbons (Fsp3) is 0.692. The van der Waals surface area contributed by atoms with E-state index in [1.807, 2.05) is 11.3 Å². The van der Waals surface area contributed by atoms with Gasteiger partial charge in [0.25, 0.3) is 0 Å². The molecule has 1 aromatic heterocycles. The summed E-state index contributed by atoms with van der Waals surface area (Å²) in [6, 6.07) is 4.48. The van der Waals surface area contributed by atoms with E-state index in [4.69, 9.17) is 0 Å². The Hall–Kier alpha value is -0.380. The lowest BCUT2D eigenvalue weighted by Crippen LogP contribution is -2.29. The van der Waals surface area contributed by atoms with Crippen LogP contribution in [0.3, 0.4) is 0 Å². The summed E-state index contributed by atoms with van der Waals surface area (Å²) in [5.41, 5.74) is 0. The van der Waals surface area contributed by atoms with Crippen molar-refractivity contribution in [1.82, 2.24) is 10.6 Å². The molecule has 0 fully saturated rings. The SMILES string of the molecule is CCNCC(C)CNCc1ccc(CC)s1. The highest BCUT2D eigenvalue weighted by atomic mass is 32.1. The highest BCUT2D eigenvalue weighted by Crippen LogP contribution is 2.16. The molecule has 2 N–H and O–H groups in total. The van der Waals surface area contributed by atoms with Crippen molar-refractivity contribution in [1.29, 1.82) is 0 Å². The van der Waals surface area contributed by atoms with Crippen LogP contribution in [0.2, 0.25) is 0 Å². The molecule has 2 nitrogen and oxygen atoms in total. The lowest BCUT2D eigenvalue weighted by molar-refractivity contribution is 0.480. The fourth-order valence-electron chi connectivity index (χ4n) is 1.61. The van der Waals surface area contributed by atoms with Gasteiger partial charge in [-0.2, -0.15) is 0 Å². The topological polar surface area (TPSA) is 24.1 Å². The molecule has 0 aliphatic heterocycles. The molecule has 0 saturated heterocycles. The van der Waals surface area contributed by atoms with Crippen molar-refractivity contribution in [2.45, 2.75) is 33.7 Å². The Labute approximate surface area is 103 Å². The number of hydrogen-bond acceptors (Lipinski definition) is 3. The summed E-state index contributed by atoms with van der Waals surface area (Å²) in [5.74, 6) is 0.700. The predicted octanol–water partition coefficient (Wildman–Crippen LogP) is 2.65. The molecule has 1 heterocycles. The van der Waals surface area contributed by atoms with Gasteiger partial charge in [0.15, 0.2) is 0 Å². The van der Waals surface area contributed by atoms with Crippen molar-refractivity contribution in [2.24, 2.45) is 5.92 Å². The van der Waals surface area contributed by atoms with E-state index in [2.05, 4.69) is 43.5 Å². The molecule has 1 atom stereocenters. The summed E-state index contributed by atoms with van der Waals surface area (Å²) in [6.45, 7) is 10.9. The Morgan fingerprint density at radius 3 is 2.44 bits per heavy atom. The van der Waals surface area contributed by atoms with Crippen molar-refractivity contribution in [3.63, 3.8) is 0 Å². The molecule has 16 heavy (non-hydrogen) atoms. The number of hydrogen-bond donors (Lipinski definition) is 2. The summed E-state index contributed by atoms with van der Waals surface area (Å²) in [7, 11) is 0. The van der Waals surface area contributed by atoms with E-state index in [0.29, 0.717) is 5.92 Å². The second-order valence-corrected chi connectivity index (χ2v) is 5.52. The zero-order chi connectivity index (χ0) is 11.8. The van der Waals surface area contributed by atoms with Gasteiger partial charge in [-0.15, -0.1) is 11.3 Å². The van der Waals surface area contributed by atoms with Crippen LogP contribution < -0.4 is 10.6 Å². The van der Waals surface area contributed by atoms with E-state index in [0.717, 1.165) is 32.6 Å².